The Morgan fingerprint density at radius 3 is 2.56 bits per heavy atom. The first kappa shape index (κ1) is 22.0. The molecule has 34 heavy (non-hydrogen) atoms. The van der Waals surface area contributed by atoms with E-state index in [1.165, 1.54) is 16.7 Å². The van der Waals surface area contributed by atoms with Crippen molar-refractivity contribution in [1.29, 1.82) is 0 Å². The minimum atomic E-state index is -0.109. The van der Waals surface area contributed by atoms with Crippen LogP contribution in [0.25, 0.3) is 5.57 Å². The maximum Gasteiger partial charge on any atom is 0.258 e. The standard InChI is InChI=1S/C28H30N4O2/c1-18(27-25-16-22(29)6-10-26(25)31-28(27)33)30-23-7-3-19(4-8-23)17-32-13-11-20-5-9-24(34-2)15-21(20)12-14-32/h3-10,15-16,30H,11-14,17,29H2,1-2H3,(H,31,33). The number of rotatable bonds is 5. The number of carbonyl (C=O) groups excluding carboxylic acids is 1. The van der Waals surface area contributed by atoms with Crippen LogP contribution in [0, 0.1) is 0 Å². The second-order valence-corrected chi connectivity index (χ2v) is 8.99. The molecular formula is C28H30N4O2. The van der Waals surface area contributed by atoms with Crippen molar-refractivity contribution >= 4 is 28.5 Å². The molecule has 0 aromatic heterocycles. The summed E-state index contributed by atoms with van der Waals surface area (Å²) >= 11 is 0. The minimum absolute atomic E-state index is 0.109. The summed E-state index contributed by atoms with van der Waals surface area (Å²) in [6.45, 7) is 4.91. The van der Waals surface area contributed by atoms with Crippen LogP contribution >= 0.6 is 0 Å². The molecule has 0 unspecified atom stereocenters. The molecule has 3 aromatic carbocycles. The van der Waals surface area contributed by atoms with Gasteiger partial charge < -0.3 is 21.1 Å². The molecule has 174 valence electrons. The summed E-state index contributed by atoms with van der Waals surface area (Å²) in [6, 6.07) is 20.4. The number of amides is 1. The zero-order valence-corrected chi connectivity index (χ0v) is 19.7. The summed E-state index contributed by atoms with van der Waals surface area (Å²) in [5.74, 6) is 0.824. The molecule has 0 aliphatic carbocycles. The van der Waals surface area contributed by atoms with Gasteiger partial charge >= 0.3 is 0 Å². The average Bonchev–Trinajstić information content (AvgIpc) is 3.03. The number of hydrogen-bond donors (Lipinski definition) is 3. The van der Waals surface area contributed by atoms with Gasteiger partial charge in [0, 0.05) is 48.0 Å². The molecule has 3 aromatic rings. The summed E-state index contributed by atoms with van der Waals surface area (Å²) in [4.78, 5) is 15.0. The topological polar surface area (TPSA) is 79.6 Å². The van der Waals surface area contributed by atoms with Gasteiger partial charge in [-0.25, -0.2) is 0 Å². The Morgan fingerprint density at radius 2 is 1.79 bits per heavy atom. The molecule has 6 nitrogen and oxygen atoms in total. The summed E-state index contributed by atoms with van der Waals surface area (Å²) in [5.41, 5.74) is 14.7. The summed E-state index contributed by atoms with van der Waals surface area (Å²) < 4.78 is 5.39. The zero-order chi connectivity index (χ0) is 23.7. The Balaban J connectivity index is 1.25. The SMILES string of the molecule is COc1ccc2c(c1)CCN(Cc1ccc(NC(C)=C3C(=O)Nc4ccc(N)cc43)cc1)CC2. The van der Waals surface area contributed by atoms with Crippen LogP contribution in [-0.4, -0.2) is 31.0 Å². The lowest BCUT2D eigenvalue weighted by Gasteiger charge is -2.20. The van der Waals surface area contributed by atoms with Gasteiger partial charge in [-0.1, -0.05) is 18.2 Å². The Bertz CT molecular complexity index is 1260. The van der Waals surface area contributed by atoms with Crippen molar-refractivity contribution in [2.24, 2.45) is 0 Å². The number of carbonyl (C=O) groups is 1. The van der Waals surface area contributed by atoms with Gasteiger partial charge in [-0.15, -0.1) is 0 Å². The van der Waals surface area contributed by atoms with Crippen LogP contribution in [0.1, 0.15) is 29.2 Å². The number of anilines is 3. The lowest BCUT2D eigenvalue weighted by Crippen LogP contribution is -2.25. The normalized spacial score (nSPS) is 16.8. The fraction of sp³-hybridized carbons (Fsp3) is 0.250. The monoisotopic (exact) mass is 454 g/mol. The molecule has 0 bridgehead atoms. The van der Waals surface area contributed by atoms with E-state index < -0.39 is 0 Å². The number of nitrogens with two attached hydrogens (primary N) is 1. The van der Waals surface area contributed by atoms with Gasteiger partial charge in [0.05, 0.1) is 12.7 Å². The minimum Gasteiger partial charge on any atom is -0.497 e. The number of hydrogen-bond acceptors (Lipinski definition) is 5. The third-order valence-corrected chi connectivity index (χ3v) is 6.66. The average molecular weight is 455 g/mol. The second kappa shape index (κ2) is 9.23. The van der Waals surface area contributed by atoms with E-state index in [0.717, 1.165) is 60.9 Å². The van der Waals surface area contributed by atoms with Gasteiger partial charge in [0.2, 0.25) is 0 Å². The lowest BCUT2D eigenvalue weighted by molar-refractivity contribution is -0.110. The molecule has 0 atom stereocenters. The van der Waals surface area contributed by atoms with Crippen LogP contribution in [0.4, 0.5) is 17.1 Å². The Hall–Kier alpha value is -3.77. The number of benzene rings is 3. The van der Waals surface area contributed by atoms with Crippen LogP contribution in [0.5, 0.6) is 5.75 Å². The number of nitrogens with one attached hydrogen (secondary N) is 2. The number of allylic oxidation sites excluding steroid dienone is 1. The highest BCUT2D eigenvalue weighted by molar-refractivity contribution is 6.32. The van der Waals surface area contributed by atoms with E-state index in [9.17, 15) is 4.79 Å². The van der Waals surface area contributed by atoms with Crippen molar-refractivity contribution < 1.29 is 9.53 Å². The van der Waals surface area contributed by atoms with E-state index in [1.807, 2.05) is 19.1 Å². The first-order valence-electron chi connectivity index (χ1n) is 11.7. The molecule has 0 saturated carbocycles. The maximum absolute atomic E-state index is 12.5. The van der Waals surface area contributed by atoms with Crippen molar-refractivity contribution in [3.8, 4) is 5.75 Å². The molecule has 0 fully saturated rings. The Labute approximate surface area is 200 Å². The van der Waals surface area contributed by atoms with Crippen molar-refractivity contribution in [3.05, 3.63) is 88.6 Å². The third kappa shape index (κ3) is 4.50. The first-order chi connectivity index (χ1) is 16.5. The summed E-state index contributed by atoms with van der Waals surface area (Å²) in [6.07, 6.45) is 2.09. The molecule has 1 amide bonds. The van der Waals surface area contributed by atoms with Gasteiger partial charge in [-0.3, -0.25) is 9.69 Å². The molecule has 2 aliphatic rings. The predicted octanol–water partition coefficient (Wildman–Crippen LogP) is 4.67. The number of nitrogens with zero attached hydrogens (tertiary/aromatic N) is 1. The molecule has 2 aliphatic heterocycles. The fourth-order valence-electron chi connectivity index (χ4n) is 4.82. The van der Waals surface area contributed by atoms with Gasteiger partial charge in [0.25, 0.3) is 5.91 Å². The molecule has 5 rings (SSSR count). The highest BCUT2D eigenvalue weighted by Crippen LogP contribution is 2.35. The number of fused-ring (bicyclic) bond motifs is 2. The highest BCUT2D eigenvalue weighted by atomic mass is 16.5. The van der Waals surface area contributed by atoms with Crippen LogP contribution in [0.2, 0.25) is 0 Å². The summed E-state index contributed by atoms with van der Waals surface area (Å²) in [7, 11) is 1.72. The molecule has 0 radical (unpaired) electrons. The molecule has 2 heterocycles. The van der Waals surface area contributed by atoms with Crippen molar-refractivity contribution in [2.75, 3.05) is 36.6 Å². The lowest BCUT2D eigenvalue weighted by atomic mass is 10.0. The van der Waals surface area contributed by atoms with Crippen molar-refractivity contribution in [1.82, 2.24) is 4.90 Å². The van der Waals surface area contributed by atoms with Gasteiger partial charge in [-0.05, 0) is 78.9 Å². The fourth-order valence-corrected chi connectivity index (χ4v) is 4.82. The third-order valence-electron chi connectivity index (χ3n) is 6.66. The number of methoxy groups -OCH3 is 1. The van der Waals surface area contributed by atoms with E-state index in [1.54, 1.807) is 13.2 Å². The van der Waals surface area contributed by atoms with E-state index >= 15 is 0 Å². The van der Waals surface area contributed by atoms with Gasteiger partial charge in [0.15, 0.2) is 0 Å². The molecule has 6 heteroatoms. The molecular weight excluding hydrogens is 424 g/mol. The number of ether oxygens (including phenoxy) is 1. The first-order valence-corrected chi connectivity index (χ1v) is 11.7. The van der Waals surface area contributed by atoms with Crippen LogP contribution < -0.4 is 21.1 Å². The van der Waals surface area contributed by atoms with E-state index in [0.29, 0.717) is 11.3 Å². The van der Waals surface area contributed by atoms with Crippen molar-refractivity contribution in [2.45, 2.75) is 26.3 Å². The van der Waals surface area contributed by atoms with Crippen LogP contribution in [0.15, 0.2) is 66.4 Å². The van der Waals surface area contributed by atoms with Crippen LogP contribution in [-0.2, 0) is 24.2 Å². The Morgan fingerprint density at radius 1 is 1.03 bits per heavy atom. The smallest absolute Gasteiger partial charge is 0.258 e. The maximum atomic E-state index is 12.5. The van der Waals surface area contributed by atoms with Crippen molar-refractivity contribution in [3.63, 3.8) is 0 Å². The summed E-state index contributed by atoms with van der Waals surface area (Å²) in [5, 5.41) is 6.30. The van der Waals surface area contributed by atoms with E-state index in [2.05, 4.69) is 58.0 Å². The number of nitrogen functional groups attached to an aromatic ring is 1. The van der Waals surface area contributed by atoms with Gasteiger partial charge in [0.1, 0.15) is 5.75 Å². The molecule has 4 N–H and O–H groups in total. The molecule has 0 saturated heterocycles. The quantitative estimate of drug-likeness (QED) is 0.386. The van der Waals surface area contributed by atoms with Crippen LogP contribution in [0.3, 0.4) is 0 Å². The van der Waals surface area contributed by atoms with E-state index in [-0.39, 0.29) is 5.91 Å². The predicted molar refractivity (Wildman–Crippen MR) is 138 cm³/mol. The molecule has 0 spiro atoms. The highest BCUT2D eigenvalue weighted by Gasteiger charge is 2.26. The van der Waals surface area contributed by atoms with E-state index in [4.69, 9.17) is 10.5 Å². The van der Waals surface area contributed by atoms with Gasteiger partial charge in [-0.2, -0.15) is 0 Å². The zero-order valence-electron chi connectivity index (χ0n) is 19.7. The second-order valence-electron chi connectivity index (χ2n) is 8.99. The Kier molecular flexibility index (Phi) is 5.99. The largest absolute Gasteiger partial charge is 0.497 e.